The van der Waals surface area contributed by atoms with Crippen LogP contribution in [0.1, 0.15) is 32.8 Å². The highest BCUT2D eigenvalue weighted by molar-refractivity contribution is 6.31. The summed E-state index contributed by atoms with van der Waals surface area (Å²) in [6, 6.07) is 2.46. The monoisotopic (exact) mass is 241 g/mol. The highest BCUT2D eigenvalue weighted by Gasteiger charge is 2.03. The fraction of sp³-hybridized carbons (Fsp3) is 0.583. The highest BCUT2D eigenvalue weighted by atomic mass is 35.5. The van der Waals surface area contributed by atoms with Gasteiger partial charge in [0.1, 0.15) is 5.82 Å². The van der Waals surface area contributed by atoms with Crippen molar-refractivity contribution in [1.82, 2.24) is 10.3 Å². The number of nitrogens with zero attached hydrogens (tertiary/aromatic N) is 1. The van der Waals surface area contributed by atoms with E-state index in [-0.39, 0.29) is 0 Å². The molecular formula is C12H20ClN3. The molecule has 0 radical (unpaired) electrons. The standard InChI is InChI=1S/C12H20ClN3/c1-4-5-14-12-6-10(7-15-9(2)3)11(13)8-16-12/h6,8-9,15H,4-5,7H2,1-3H3,(H,14,16). The molecule has 0 saturated carbocycles. The van der Waals surface area contributed by atoms with Crippen LogP contribution in [0.3, 0.4) is 0 Å². The van der Waals surface area contributed by atoms with Crippen LogP contribution in [-0.4, -0.2) is 17.6 Å². The molecule has 0 unspecified atom stereocenters. The molecule has 0 atom stereocenters. The van der Waals surface area contributed by atoms with Gasteiger partial charge in [0.05, 0.1) is 5.02 Å². The lowest BCUT2D eigenvalue weighted by Crippen LogP contribution is -2.22. The maximum absolute atomic E-state index is 6.08. The average Bonchev–Trinajstić information content (AvgIpc) is 2.26. The Balaban J connectivity index is 2.66. The third-order valence-corrected chi connectivity index (χ3v) is 2.53. The van der Waals surface area contributed by atoms with Crippen molar-refractivity contribution < 1.29 is 0 Å². The summed E-state index contributed by atoms with van der Waals surface area (Å²) >= 11 is 6.08. The second-order valence-corrected chi connectivity index (χ2v) is 4.53. The van der Waals surface area contributed by atoms with Crippen LogP contribution in [0.5, 0.6) is 0 Å². The van der Waals surface area contributed by atoms with E-state index >= 15 is 0 Å². The number of rotatable bonds is 6. The van der Waals surface area contributed by atoms with Crippen molar-refractivity contribution in [2.24, 2.45) is 0 Å². The second-order valence-electron chi connectivity index (χ2n) is 4.12. The maximum Gasteiger partial charge on any atom is 0.126 e. The Morgan fingerprint density at radius 2 is 2.19 bits per heavy atom. The number of pyridine rings is 1. The first kappa shape index (κ1) is 13.3. The molecule has 0 saturated heterocycles. The Kier molecular flexibility index (Phi) is 5.56. The van der Waals surface area contributed by atoms with Gasteiger partial charge in [-0.15, -0.1) is 0 Å². The highest BCUT2D eigenvalue weighted by Crippen LogP contribution is 2.17. The lowest BCUT2D eigenvalue weighted by Gasteiger charge is -2.11. The van der Waals surface area contributed by atoms with Crippen molar-refractivity contribution in [3.05, 3.63) is 22.8 Å². The SMILES string of the molecule is CCCNc1cc(CNC(C)C)c(Cl)cn1. The number of halogens is 1. The number of anilines is 1. The third-order valence-electron chi connectivity index (χ3n) is 2.19. The minimum Gasteiger partial charge on any atom is -0.370 e. The van der Waals surface area contributed by atoms with E-state index < -0.39 is 0 Å². The molecule has 0 aliphatic heterocycles. The fourth-order valence-corrected chi connectivity index (χ4v) is 1.45. The molecule has 4 heteroatoms. The molecule has 0 fully saturated rings. The molecule has 2 N–H and O–H groups in total. The van der Waals surface area contributed by atoms with Gasteiger partial charge in [-0.1, -0.05) is 32.4 Å². The van der Waals surface area contributed by atoms with E-state index in [2.05, 4.69) is 36.4 Å². The topological polar surface area (TPSA) is 37.0 Å². The van der Waals surface area contributed by atoms with Crippen LogP contribution in [0.25, 0.3) is 0 Å². The first-order valence-electron chi connectivity index (χ1n) is 5.75. The summed E-state index contributed by atoms with van der Waals surface area (Å²) in [5.41, 5.74) is 1.09. The van der Waals surface area contributed by atoms with Gasteiger partial charge >= 0.3 is 0 Å². The summed E-state index contributed by atoms with van der Waals surface area (Å²) in [6.45, 7) is 8.08. The van der Waals surface area contributed by atoms with Crippen molar-refractivity contribution >= 4 is 17.4 Å². The molecule has 0 bridgehead atoms. The first-order chi connectivity index (χ1) is 7.63. The number of aromatic nitrogens is 1. The number of hydrogen-bond acceptors (Lipinski definition) is 3. The molecule has 0 aliphatic rings. The van der Waals surface area contributed by atoms with Gasteiger partial charge in [0, 0.05) is 25.3 Å². The van der Waals surface area contributed by atoms with Crippen molar-refractivity contribution in [1.29, 1.82) is 0 Å². The molecule has 1 aromatic heterocycles. The minimum atomic E-state index is 0.455. The normalized spacial score (nSPS) is 10.8. The van der Waals surface area contributed by atoms with Gasteiger partial charge in [-0.25, -0.2) is 4.98 Å². The summed E-state index contributed by atoms with van der Waals surface area (Å²) in [5, 5.41) is 7.32. The summed E-state index contributed by atoms with van der Waals surface area (Å²) in [5.74, 6) is 0.895. The zero-order chi connectivity index (χ0) is 12.0. The minimum absolute atomic E-state index is 0.455. The van der Waals surface area contributed by atoms with Crippen molar-refractivity contribution in [2.75, 3.05) is 11.9 Å². The fourth-order valence-electron chi connectivity index (χ4n) is 1.28. The van der Waals surface area contributed by atoms with Crippen molar-refractivity contribution in [2.45, 2.75) is 39.8 Å². The molecule has 1 rings (SSSR count). The predicted octanol–water partition coefficient (Wildman–Crippen LogP) is 3.05. The zero-order valence-corrected chi connectivity index (χ0v) is 10.9. The van der Waals surface area contributed by atoms with Gasteiger partial charge in [0.2, 0.25) is 0 Å². The molecule has 0 aliphatic carbocycles. The van der Waals surface area contributed by atoms with E-state index in [1.165, 1.54) is 0 Å². The Bertz CT molecular complexity index is 326. The Hall–Kier alpha value is -0.800. The van der Waals surface area contributed by atoms with E-state index in [1.54, 1.807) is 6.20 Å². The smallest absolute Gasteiger partial charge is 0.126 e. The van der Waals surface area contributed by atoms with Crippen LogP contribution < -0.4 is 10.6 Å². The van der Waals surface area contributed by atoms with Gasteiger partial charge < -0.3 is 10.6 Å². The van der Waals surface area contributed by atoms with Crippen molar-refractivity contribution in [3.63, 3.8) is 0 Å². The predicted molar refractivity (Wildman–Crippen MR) is 70.0 cm³/mol. The Labute approximate surface area is 103 Å². The van der Waals surface area contributed by atoms with E-state index in [4.69, 9.17) is 11.6 Å². The summed E-state index contributed by atoms with van der Waals surface area (Å²) in [7, 11) is 0. The number of nitrogens with one attached hydrogen (secondary N) is 2. The molecule has 3 nitrogen and oxygen atoms in total. The Morgan fingerprint density at radius 3 is 2.81 bits per heavy atom. The van der Waals surface area contributed by atoms with E-state index in [0.29, 0.717) is 6.04 Å². The Morgan fingerprint density at radius 1 is 1.44 bits per heavy atom. The lowest BCUT2D eigenvalue weighted by molar-refractivity contribution is 0.588. The quantitative estimate of drug-likeness (QED) is 0.804. The van der Waals surface area contributed by atoms with Crippen molar-refractivity contribution in [3.8, 4) is 0 Å². The second kappa shape index (κ2) is 6.71. The largest absolute Gasteiger partial charge is 0.370 e. The molecule has 16 heavy (non-hydrogen) atoms. The lowest BCUT2D eigenvalue weighted by atomic mass is 10.2. The molecule has 1 heterocycles. The molecule has 0 aromatic carbocycles. The number of hydrogen-bond donors (Lipinski definition) is 2. The first-order valence-corrected chi connectivity index (χ1v) is 6.13. The molecular weight excluding hydrogens is 222 g/mol. The summed E-state index contributed by atoms with van der Waals surface area (Å²) in [6.07, 6.45) is 2.79. The van der Waals surface area contributed by atoms with Crippen LogP contribution in [0.2, 0.25) is 5.02 Å². The molecule has 0 spiro atoms. The molecule has 1 aromatic rings. The summed E-state index contributed by atoms with van der Waals surface area (Å²) in [4.78, 5) is 4.23. The zero-order valence-electron chi connectivity index (χ0n) is 10.2. The van der Waals surface area contributed by atoms with Gasteiger partial charge in [-0.3, -0.25) is 0 Å². The van der Waals surface area contributed by atoms with Crippen LogP contribution in [0.15, 0.2) is 12.3 Å². The van der Waals surface area contributed by atoms with Gasteiger partial charge in [-0.05, 0) is 18.1 Å². The van der Waals surface area contributed by atoms with Crippen LogP contribution in [-0.2, 0) is 6.54 Å². The maximum atomic E-state index is 6.08. The van der Waals surface area contributed by atoms with Crippen LogP contribution >= 0.6 is 11.6 Å². The third kappa shape index (κ3) is 4.37. The average molecular weight is 242 g/mol. The van der Waals surface area contributed by atoms with E-state index in [1.807, 2.05) is 6.07 Å². The van der Waals surface area contributed by atoms with Crippen LogP contribution in [0.4, 0.5) is 5.82 Å². The van der Waals surface area contributed by atoms with Gasteiger partial charge in [0.25, 0.3) is 0 Å². The van der Waals surface area contributed by atoms with Gasteiger partial charge in [0.15, 0.2) is 0 Å². The molecule has 90 valence electrons. The van der Waals surface area contributed by atoms with Gasteiger partial charge in [-0.2, -0.15) is 0 Å². The van der Waals surface area contributed by atoms with E-state index in [9.17, 15) is 0 Å². The summed E-state index contributed by atoms with van der Waals surface area (Å²) < 4.78 is 0. The molecule has 0 amide bonds. The van der Waals surface area contributed by atoms with E-state index in [0.717, 1.165) is 35.9 Å². The van der Waals surface area contributed by atoms with Crippen LogP contribution in [0, 0.1) is 0 Å².